The molecule has 0 saturated carbocycles. The molecule has 4 aromatic rings. The van der Waals surface area contributed by atoms with Crippen molar-refractivity contribution < 1.29 is 9.53 Å². The molecule has 6 heteroatoms. The highest BCUT2D eigenvalue weighted by molar-refractivity contribution is 6.30. The van der Waals surface area contributed by atoms with Gasteiger partial charge in [-0.1, -0.05) is 35.9 Å². The van der Waals surface area contributed by atoms with Crippen LogP contribution in [-0.4, -0.2) is 22.5 Å². The van der Waals surface area contributed by atoms with Gasteiger partial charge in [-0.2, -0.15) is 0 Å². The van der Waals surface area contributed by atoms with Crippen LogP contribution in [0.3, 0.4) is 0 Å². The van der Waals surface area contributed by atoms with Crippen LogP contribution in [0.4, 0.5) is 5.69 Å². The highest BCUT2D eigenvalue weighted by atomic mass is 35.5. The summed E-state index contributed by atoms with van der Waals surface area (Å²) in [4.78, 5) is 20.0. The van der Waals surface area contributed by atoms with Gasteiger partial charge in [-0.3, -0.25) is 4.79 Å². The maximum atomic E-state index is 12.2. The summed E-state index contributed by atoms with van der Waals surface area (Å²) in [6.07, 6.45) is 0. The molecule has 0 aliphatic carbocycles. The lowest BCUT2D eigenvalue weighted by molar-refractivity contribution is -0.118. The number of benzene rings is 3. The Morgan fingerprint density at radius 3 is 2.67 bits per heavy atom. The summed E-state index contributed by atoms with van der Waals surface area (Å²) in [5, 5.41) is 3.46. The first-order chi connectivity index (χ1) is 13.2. The van der Waals surface area contributed by atoms with Crippen LogP contribution in [0.25, 0.3) is 22.4 Å². The molecule has 3 aromatic carbocycles. The number of nitrogens with zero attached hydrogens (tertiary/aromatic N) is 1. The standard InChI is InChI=1S/C21H16ClN3O2/c22-15-8-10-17(11-9-15)27-13-20(26)23-16-5-3-4-14(12-16)21-24-18-6-1-2-7-19(18)25-21/h1-12H,13H2,(H,23,26)(H,24,25). The average Bonchev–Trinajstić information content (AvgIpc) is 3.12. The quantitative estimate of drug-likeness (QED) is 0.519. The zero-order chi connectivity index (χ0) is 18.6. The van der Waals surface area contributed by atoms with E-state index in [1.54, 1.807) is 24.3 Å². The lowest BCUT2D eigenvalue weighted by Gasteiger charge is -2.08. The lowest BCUT2D eigenvalue weighted by atomic mass is 10.2. The molecule has 1 heterocycles. The Kier molecular flexibility index (Phi) is 4.77. The third-order valence-corrected chi connectivity index (χ3v) is 4.24. The lowest BCUT2D eigenvalue weighted by Crippen LogP contribution is -2.20. The molecule has 1 amide bonds. The van der Waals surface area contributed by atoms with Gasteiger partial charge in [0, 0.05) is 16.3 Å². The molecule has 1 aromatic heterocycles. The average molecular weight is 378 g/mol. The molecule has 27 heavy (non-hydrogen) atoms. The number of amides is 1. The maximum absolute atomic E-state index is 12.2. The van der Waals surface area contributed by atoms with Crippen LogP contribution < -0.4 is 10.1 Å². The number of aromatic amines is 1. The van der Waals surface area contributed by atoms with E-state index in [1.807, 2.05) is 48.5 Å². The van der Waals surface area contributed by atoms with Crippen molar-refractivity contribution in [1.29, 1.82) is 0 Å². The maximum Gasteiger partial charge on any atom is 0.262 e. The number of para-hydroxylation sites is 2. The number of hydrogen-bond donors (Lipinski definition) is 2. The second kappa shape index (κ2) is 7.51. The van der Waals surface area contributed by atoms with E-state index in [9.17, 15) is 4.79 Å². The zero-order valence-corrected chi connectivity index (χ0v) is 15.0. The summed E-state index contributed by atoms with van der Waals surface area (Å²) in [5.74, 6) is 1.10. The van der Waals surface area contributed by atoms with Gasteiger partial charge in [0.05, 0.1) is 11.0 Å². The van der Waals surface area contributed by atoms with E-state index >= 15 is 0 Å². The van der Waals surface area contributed by atoms with Crippen molar-refractivity contribution in [1.82, 2.24) is 9.97 Å². The Balaban J connectivity index is 1.44. The van der Waals surface area contributed by atoms with Crippen molar-refractivity contribution in [3.05, 3.63) is 77.8 Å². The molecule has 0 aliphatic rings. The number of ether oxygens (including phenoxy) is 1. The second-order valence-electron chi connectivity index (χ2n) is 5.97. The fourth-order valence-electron chi connectivity index (χ4n) is 2.71. The van der Waals surface area contributed by atoms with Crippen LogP contribution in [0.15, 0.2) is 72.8 Å². The van der Waals surface area contributed by atoms with Crippen molar-refractivity contribution in [3.8, 4) is 17.1 Å². The number of anilines is 1. The van der Waals surface area contributed by atoms with Gasteiger partial charge < -0.3 is 15.0 Å². The predicted molar refractivity (Wildman–Crippen MR) is 107 cm³/mol. The first-order valence-electron chi connectivity index (χ1n) is 8.41. The van der Waals surface area contributed by atoms with Crippen LogP contribution in [0, 0.1) is 0 Å². The number of hydrogen-bond acceptors (Lipinski definition) is 3. The highest BCUT2D eigenvalue weighted by Gasteiger charge is 2.08. The molecule has 0 atom stereocenters. The van der Waals surface area contributed by atoms with E-state index in [-0.39, 0.29) is 12.5 Å². The molecular formula is C21H16ClN3O2. The largest absolute Gasteiger partial charge is 0.484 e. The van der Waals surface area contributed by atoms with Gasteiger partial charge in [0.2, 0.25) is 0 Å². The van der Waals surface area contributed by atoms with Gasteiger partial charge in [0.25, 0.3) is 5.91 Å². The predicted octanol–water partition coefficient (Wildman–Crippen LogP) is 4.90. The summed E-state index contributed by atoms with van der Waals surface area (Å²) in [6.45, 7) is -0.0868. The van der Waals surface area contributed by atoms with Gasteiger partial charge in [0.15, 0.2) is 6.61 Å². The summed E-state index contributed by atoms with van der Waals surface area (Å²) in [5.41, 5.74) is 3.44. The van der Waals surface area contributed by atoms with Gasteiger partial charge >= 0.3 is 0 Å². The van der Waals surface area contributed by atoms with Crippen molar-refractivity contribution in [2.24, 2.45) is 0 Å². The van der Waals surface area contributed by atoms with Crippen LogP contribution in [0.2, 0.25) is 5.02 Å². The summed E-state index contributed by atoms with van der Waals surface area (Å²) >= 11 is 5.83. The molecule has 2 N–H and O–H groups in total. The number of carbonyl (C=O) groups excluding carboxylic acids is 1. The molecule has 0 radical (unpaired) electrons. The minimum absolute atomic E-state index is 0.0868. The minimum Gasteiger partial charge on any atom is -0.484 e. The molecule has 0 unspecified atom stereocenters. The SMILES string of the molecule is O=C(COc1ccc(Cl)cc1)Nc1cccc(-c2nc3ccccc3[nH]2)c1. The summed E-state index contributed by atoms with van der Waals surface area (Å²) in [6, 6.07) is 22.2. The van der Waals surface area contributed by atoms with Crippen molar-refractivity contribution in [3.63, 3.8) is 0 Å². The highest BCUT2D eigenvalue weighted by Crippen LogP contribution is 2.23. The molecule has 0 spiro atoms. The van der Waals surface area contributed by atoms with Gasteiger partial charge in [-0.05, 0) is 48.5 Å². The molecular weight excluding hydrogens is 362 g/mol. The summed E-state index contributed by atoms with van der Waals surface area (Å²) < 4.78 is 5.46. The topological polar surface area (TPSA) is 67.0 Å². The van der Waals surface area contributed by atoms with Crippen LogP contribution in [-0.2, 0) is 4.79 Å². The molecule has 0 aliphatic heterocycles. The Bertz CT molecular complexity index is 1060. The number of fused-ring (bicyclic) bond motifs is 1. The van der Waals surface area contributed by atoms with E-state index in [0.29, 0.717) is 16.5 Å². The first kappa shape index (κ1) is 17.1. The van der Waals surface area contributed by atoms with Crippen molar-refractivity contribution in [2.75, 3.05) is 11.9 Å². The van der Waals surface area contributed by atoms with Crippen molar-refractivity contribution in [2.45, 2.75) is 0 Å². The number of nitrogens with one attached hydrogen (secondary N) is 2. The van der Waals surface area contributed by atoms with E-state index in [0.717, 1.165) is 22.4 Å². The van der Waals surface area contributed by atoms with Gasteiger partial charge in [0.1, 0.15) is 11.6 Å². The van der Waals surface area contributed by atoms with E-state index in [2.05, 4.69) is 15.3 Å². The Morgan fingerprint density at radius 2 is 1.85 bits per heavy atom. The molecule has 5 nitrogen and oxygen atoms in total. The number of halogens is 1. The fourth-order valence-corrected chi connectivity index (χ4v) is 2.84. The first-order valence-corrected chi connectivity index (χ1v) is 8.78. The molecule has 0 fully saturated rings. The van der Waals surface area contributed by atoms with Crippen LogP contribution in [0.5, 0.6) is 5.75 Å². The van der Waals surface area contributed by atoms with E-state index in [1.165, 1.54) is 0 Å². The smallest absolute Gasteiger partial charge is 0.262 e. The van der Waals surface area contributed by atoms with Gasteiger partial charge in [-0.25, -0.2) is 4.98 Å². The van der Waals surface area contributed by atoms with Crippen LogP contribution in [0.1, 0.15) is 0 Å². The van der Waals surface area contributed by atoms with Gasteiger partial charge in [-0.15, -0.1) is 0 Å². The Morgan fingerprint density at radius 1 is 1.04 bits per heavy atom. The Hall–Kier alpha value is -3.31. The molecule has 134 valence electrons. The third-order valence-electron chi connectivity index (χ3n) is 3.99. The Labute approximate surface area is 161 Å². The number of rotatable bonds is 5. The molecule has 0 bridgehead atoms. The number of aromatic nitrogens is 2. The van der Waals surface area contributed by atoms with Crippen molar-refractivity contribution >= 4 is 34.2 Å². The second-order valence-corrected chi connectivity index (χ2v) is 6.41. The summed E-state index contributed by atoms with van der Waals surface area (Å²) in [7, 11) is 0. The van der Waals surface area contributed by atoms with Crippen LogP contribution >= 0.6 is 11.6 Å². The number of H-pyrrole nitrogens is 1. The van der Waals surface area contributed by atoms with E-state index in [4.69, 9.17) is 16.3 Å². The third kappa shape index (κ3) is 4.10. The molecule has 4 rings (SSSR count). The zero-order valence-electron chi connectivity index (χ0n) is 14.3. The fraction of sp³-hybridized carbons (Fsp3) is 0.0476. The monoisotopic (exact) mass is 377 g/mol. The minimum atomic E-state index is -0.244. The van der Waals surface area contributed by atoms with E-state index < -0.39 is 0 Å². The number of imidazole rings is 1. The molecule has 0 saturated heterocycles. The normalized spacial score (nSPS) is 10.7. The number of carbonyl (C=O) groups is 1.